The fraction of sp³-hybridized carbons (Fsp3) is 0.194. The number of rotatable bonds is 20. The highest BCUT2D eigenvalue weighted by Gasteiger charge is 2.51. The van der Waals surface area contributed by atoms with Gasteiger partial charge in [0, 0.05) is 39.7 Å². The largest absolute Gasteiger partial charge is 0.508 e. The topological polar surface area (TPSA) is 173 Å². The minimum Gasteiger partial charge on any atom is -0.508 e. The minimum atomic E-state index is -0.810. The average molecular weight is 1290 g/mol. The van der Waals surface area contributed by atoms with E-state index in [0.29, 0.717) is 76.5 Å². The highest BCUT2D eigenvalue weighted by molar-refractivity contribution is 7.34. The van der Waals surface area contributed by atoms with Crippen LogP contribution in [0.25, 0.3) is 0 Å². The molecule has 3 heterocycles. The van der Waals surface area contributed by atoms with Gasteiger partial charge in [-0.1, -0.05) is 60.7 Å². The summed E-state index contributed by atoms with van der Waals surface area (Å²) in [6, 6.07) is 53.7. The number of aliphatic hydroxyl groups is 2. The van der Waals surface area contributed by atoms with E-state index in [-0.39, 0.29) is 106 Å². The number of hydrogen-bond acceptors (Lipinski definition) is 9. The van der Waals surface area contributed by atoms with E-state index in [4.69, 9.17) is 0 Å². The molecule has 468 valence electrons. The molecule has 92 heavy (non-hydrogen) atoms. The van der Waals surface area contributed by atoms with Gasteiger partial charge in [-0.05, 0) is 218 Å². The molecule has 3 aliphatic rings. The predicted octanol–water partition coefficient (Wildman–Crippen LogP) is 15.2. The van der Waals surface area contributed by atoms with Crippen molar-refractivity contribution in [1.82, 2.24) is 0 Å². The molecule has 12 rings (SSSR count). The van der Waals surface area contributed by atoms with Crippen molar-refractivity contribution in [3.05, 3.63) is 287 Å². The van der Waals surface area contributed by atoms with E-state index in [9.17, 15) is 70.0 Å². The molecule has 0 saturated carbocycles. The number of benzene rings is 9. The number of phenolic OH excluding ortho intramolecular Hbond substituents is 1. The average Bonchev–Trinajstić information content (AvgIpc) is 0.786. The van der Waals surface area contributed by atoms with Gasteiger partial charge in [0.15, 0.2) is 22.7 Å². The predicted molar refractivity (Wildman–Crippen MR) is 337 cm³/mol. The lowest BCUT2D eigenvalue weighted by Gasteiger charge is -2.48. The van der Waals surface area contributed by atoms with E-state index in [1.807, 2.05) is 24.3 Å². The van der Waals surface area contributed by atoms with Gasteiger partial charge in [0.2, 0.25) is 17.7 Å². The van der Waals surface area contributed by atoms with Crippen LogP contribution in [0.1, 0.15) is 107 Å². The van der Waals surface area contributed by atoms with E-state index in [1.165, 1.54) is 109 Å². The second-order valence-corrected chi connectivity index (χ2v) is 23.8. The molecule has 3 aliphatic heterocycles. The Hall–Kier alpha value is -9.44. The molecule has 0 unspecified atom stereocenters. The van der Waals surface area contributed by atoms with Crippen molar-refractivity contribution in [2.75, 3.05) is 14.7 Å². The third-order valence-electron chi connectivity index (χ3n) is 16.7. The highest BCUT2D eigenvalue weighted by atomic mass is 31.1. The minimum absolute atomic E-state index is 0.0818. The molecular weight excluding hydrogens is 1230 g/mol. The summed E-state index contributed by atoms with van der Waals surface area (Å²) in [6.45, 7) is 0. The molecule has 0 spiro atoms. The molecule has 3 saturated heterocycles. The second kappa shape index (κ2) is 29.7. The first kappa shape index (κ1) is 65.5. The van der Waals surface area contributed by atoms with E-state index in [1.54, 1.807) is 99.6 Å². The Labute approximate surface area is 529 Å². The van der Waals surface area contributed by atoms with Crippen molar-refractivity contribution in [2.24, 2.45) is 17.8 Å². The number of Topliss-reactive ketones (excluding diaryl/α,β-unsaturated/α-hetero) is 1. The van der Waals surface area contributed by atoms with Crippen LogP contribution in [0.5, 0.6) is 5.75 Å². The van der Waals surface area contributed by atoms with Crippen LogP contribution in [-0.2, 0) is 23.5 Å². The van der Waals surface area contributed by atoms with E-state index < -0.39 is 29.8 Å². The zero-order chi connectivity index (χ0) is 65.2. The summed E-state index contributed by atoms with van der Waals surface area (Å²) in [5, 5.41) is 31.8. The van der Waals surface area contributed by atoms with Gasteiger partial charge in [-0.2, -0.15) is 0 Å². The van der Waals surface area contributed by atoms with E-state index >= 15 is 0 Å². The van der Waals surface area contributed by atoms with Crippen LogP contribution < -0.4 is 25.3 Å². The Bertz CT molecular complexity index is 4050. The Kier molecular flexibility index (Phi) is 21.1. The van der Waals surface area contributed by atoms with Crippen LogP contribution in [0.2, 0.25) is 0 Å². The first-order valence-corrected chi connectivity index (χ1v) is 31.1. The smallest absolute Gasteiger partial charge is 0.233 e. The maximum Gasteiger partial charge on any atom is 0.233 e. The summed E-state index contributed by atoms with van der Waals surface area (Å²) in [4.78, 5) is 56.2. The normalized spacial score (nSPS) is 19.0. The zero-order valence-electron chi connectivity index (χ0n) is 48.9. The van der Waals surface area contributed by atoms with Gasteiger partial charge in [-0.15, -0.1) is 0 Å². The highest BCUT2D eigenvalue weighted by Crippen LogP contribution is 2.49. The van der Waals surface area contributed by atoms with Crippen LogP contribution in [0.3, 0.4) is 0 Å². The van der Waals surface area contributed by atoms with Crippen molar-refractivity contribution in [2.45, 2.75) is 68.9 Å². The van der Waals surface area contributed by atoms with Gasteiger partial charge in [0.05, 0.1) is 48.1 Å². The SMILES string of the molecule is O=C1[C@H](CC[C@H](O)c2ccc(F)cc2)[C@@H](c2ccc(O)cc2)N1c1ccc(F)cc1.O=Pc1ccc([C@@H]2[C@@H](CCC(=O)c3ccc(F)cc3)C(=O)N2c2ccc(F)cc2)cc1.O=Pc1ccc([C@@H]2[C@@H](CC[C@H](O)c3ccc(F)cc3)C(=O)N2c2ccc(F)cc2)cc1. The van der Waals surface area contributed by atoms with Crippen molar-refractivity contribution in [3.63, 3.8) is 0 Å². The van der Waals surface area contributed by atoms with Gasteiger partial charge < -0.3 is 30.0 Å². The molecule has 8 atom stereocenters. The molecular formula is C72H59F6N3O9P2. The fourth-order valence-electron chi connectivity index (χ4n) is 11.9. The lowest BCUT2D eigenvalue weighted by atomic mass is 9.78. The van der Waals surface area contributed by atoms with Gasteiger partial charge in [-0.25, -0.2) is 26.3 Å². The van der Waals surface area contributed by atoms with Crippen molar-refractivity contribution in [1.29, 1.82) is 0 Å². The standard InChI is InChI=1S/C24H20F2NO3P.C24H18F2NO3P.C24H21F2NO3/c2*25-17-5-1-15(2-6-17)22(28)14-13-21-23(16-3-11-20(31-30)12-4-16)27(24(21)29)19-9-7-18(26)8-10-19;25-17-5-1-15(2-6-17)22(29)14-13-21-23(16-3-11-20(28)12-4-16)27(24(21)30)19-9-7-18(26)8-10-19/h1-12,21-23,28H,13-14H2;1-12,21,23H,13-14H2;1-12,21-23,28-29H,13-14H2/t21-,22+,23-;21-,23-;21-,22+,23-/m111/s1. The molecule has 0 bridgehead atoms. The van der Waals surface area contributed by atoms with E-state index in [2.05, 4.69) is 0 Å². The molecule has 9 aromatic rings. The summed E-state index contributed by atoms with van der Waals surface area (Å²) in [6.07, 6.45) is 0.406. The summed E-state index contributed by atoms with van der Waals surface area (Å²) in [5.41, 5.74) is 5.92. The summed E-state index contributed by atoms with van der Waals surface area (Å²) < 4.78 is 102. The van der Waals surface area contributed by atoms with Crippen LogP contribution in [-0.4, -0.2) is 38.8 Å². The Morgan fingerprint density at radius 3 is 0.957 bits per heavy atom. The molecule has 0 aliphatic carbocycles. The molecule has 3 amide bonds. The van der Waals surface area contributed by atoms with Crippen LogP contribution in [0, 0.1) is 52.7 Å². The Morgan fingerprint density at radius 1 is 0.380 bits per heavy atom. The number of aromatic hydroxyl groups is 1. The summed E-state index contributed by atoms with van der Waals surface area (Å²) >= 11 is 0. The molecule has 12 nitrogen and oxygen atoms in total. The number of amides is 3. The molecule has 0 aromatic heterocycles. The summed E-state index contributed by atoms with van der Waals surface area (Å²) in [5.74, 6) is -3.87. The molecule has 20 heteroatoms. The van der Waals surface area contributed by atoms with Gasteiger partial charge in [0.25, 0.3) is 0 Å². The first-order valence-electron chi connectivity index (χ1n) is 29.5. The van der Waals surface area contributed by atoms with Gasteiger partial charge in [0.1, 0.15) is 40.7 Å². The van der Waals surface area contributed by atoms with Crippen LogP contribution in [0.4, 0.5) is 43.4 Å². The lowest BCUT2D eigenvalue weighted by molar-refractivity contribution is -0.131. The van der Waals surface area contributed by atoms with Crippen LogP contribution >= 0.6 is 16.9 Å². The number of nitrogens with zero attached hydrogens (tertiary/aromatic N) is 3. The Balaban J connectivity index is 0.000000151. The number of aliphatic hydroxyl groups excluding tert-OH is 2. The molecule has 3 fully saturated rings. The zero-order valence-corrected chi connectivity index (χ0v) is 50.7. The number of phenols is 1. The molecule has 9 aromatic carbocycles. The molecule has 0 radical (unpaired) electrons. The first-order chi connectivity index (χ1) is 44.4. The van der Waals surface area contributed by atoms with Crippen molar-refractivity contribution in [3.8, 4) is 5.75 Å². The third kappa shape index (κ3) is 15.1. The number of hydrogen-bond donors (Lipinski definition) is 3. The Morgan fingerprint density at radius 2 is 0.652 bits per heavy atom. The van der Waals surface area contributed by atoms with Crippen molar-refractivity contribution >= 4 is 68.1 Å². The van der Waals surface area contributed by atoms with Crippen LogP contribution in [0.15, 0.2) is 218 Å². The van der Waals surface area contributed by atoms with E-state index in [0.717, 1.165) is 16.7 Å². The van der Waals surface area contributed by atoms with Gasteiger partial charge >= 0.3 is 0 Å². The second-order valence-electron chi connectivity index (χ2n) is 22.4. The quantitative estimate of drug-likeness (QED) is 0.0290. The fourth-order valence-corrected chi connectivity index (χ4v) is 12.4. The third-order valence-corrected chi connectivity index (χ3v) is 17.7. The number of ketones is 1. The molecule has 3 N–H and O–H groups in total. The van der Waals surface area contributed by atoms with Crippen molar-refractivity contribution < 1.29 is 70.0 Å². The number of anilines is 3. The summed E-state index contributed by atoms with van der Waals surface area (Å²) in [7, 11) is -0.175. The number of carbonyl (C=O) groups is 4. The number of carbonyl (C=O) groups excluding carboxylic acids is 4. The number of halogens is 6. The lowest BCUT2D eigenvalue weighted by Crippen LogP contribution is -2.55. The number of β-lactam (4-membered cyclic amide) rings is 3. The maximum atomic E-state index is 13.4. The van der Waals surface area contributed by atoms with Gasteiger partial charge in [-0.3, -0.25) is 28.3 Å². The maximum absolute atomic E-state index is 13.4. The monoisotopic (exact) mass is 1290 g/mol.